The third-order valence-corrected chi connectivity index (χ3v) is 4.74. The number of halogens is 4. The Hall–Kier alpha value is -2.61. The first-order valence-electron chi connectivity index (χ1n) is 8.87. The number of hydrogen-bond acceptors (Lipinski definition) is 4. The average Bonchev–Trinajstić information content (AvgIpc) is 2.62. The second-order valence-corrected chi connectivity index (χ2v) is 8.45. The number of alkyl halides is 3. The molecule has 0 radical (unpaired) electrons. The largest absolute Gasteiger partial charge is 0.421 e. The molecule has 1 aromatic heterocycles. The fourth-order valence-electron chi connectivity index (χ4n) is 2.60. The summed E-state index contributed by atoms with van der Waals surface area (Å²) in [4.78, 5) is 7.90. The maximum Gasteiger partial charge on any atom is 0.421 e. The summed E-state index contributed by atoms with van der Waals surface area (Å²) < 4.78 is 41.0. The van der Waals surface area contributed by atoms with E-state index in [1.807, 2.05) is 24.3 Å². The lowest BCUT2D eigenvalue weighted by Crippen LogP contribution is -2.13. The zero-order valence-corrected chi connectivity index (χ0v) is 17.7. The molecule has 0 unspecified atom stereocenters. The fraction of sp³-hybridized carbons (Fsp3) is 0.238. The highest BCUT2D eigenvalue weighted by atomic mass is 79.9. The van der Waals surface area contributed by atoms with Gasteiger partial charge in [0.15, 0.2) is 0 Å². The second kappa shape index (κ2) is 8.02. The second-order valence-electron chi connectivity index (χ2n) is 7.54. The molecule has 4 nitrogen and oxygen atoms in total. The summed E-state index contributed by atoms with van der Waals surface area (Å²) in [5.41, 5.74) is 1.39. The molecule has 0 amide bonds. The molecule has 0 saturated heterocycles. The first-order valence-corrected chi connectivity index (χ1v) is 9.66. The van der Waals surface area contributed by atoms with Crippen molar-refractivity contribution in [2.45, 2.75) is 32.4 Å². The highest BCUT2D eigenvalue weighted by molar-refractivity contribution is 9.10. The predicted molar refractivity (Wildman–Crippen MR) is 113 cm³/mol. The van der Waals surface area contributed by atoms with E-state index in [9.17, 15) is 13.2 Å². The van der Waals surface area contributed by atoms with Gasteiger partial charge in [0.2, 0.25) is 5.95 Å². The zero-order chi connectivity index (χ0) is 21.2. The molecule has 2 N–H and O–H groups in total. The van der Waals surface area contributed by atoms with Crippen LogP contribution in [0.25, 0.3) is 0 Å². The van der Waals surface area contributed by atoms with Gasteiger partial charge in [-0.15, -0.1) is 0 Å². The minimum atomic E-state index is -4.58. The molecular weight excluding hydrogens is 445 g/mol. The molecular formula is C21H20BrF3N4. The molecule has 3 aromatic rings. The average molecular weight is 465 g/mol. The van der Waals surface area contributed by atoms with Crippen LogP contribution in [-0.2, 0) is 11.6 Å². The molecule has 0 atom stereocenters. The van der Waals surface area contributed by atoms with Crippen LogP contribution >= 0.6 is 15.9 Å². The lowest BCUT2D eigenvalue weighted by Gasteiger charge is -2.19. The molecule has 0 aliphatic heterocycles. The molecule has 0 saturated carbocycles. The van der Waals surface area contributed by atoms with E-state index in [1.54, 1.807) is 24.3 Å². The van der Waals surface area contributed by atoms with Gasteiger partial charge >= 0.3 is 6.18 Å². The summed E-state index contributed by atoms with van der Waals surface area (Å²) in [6, 6.07) is 14.4. The third kappa shape index (κ3) is 5.47. The van der Waals surface area contributed by atoms with E-state index in [-0.39, 0.29) is 17.2 Å². The van der Waals surface area contributed by atoms with Gasteiger partial charge in [-0.3, -0.25) is 0 Å². The lowest BCUT2D eigenvalue weighted by atomic mass is 9.87. The van der Waals surface area contributed by atoms with Crippen molar-refractivity contribution in [3.63, 3.8) is 0 Å². The molecule has 0 fully saturated rings. The van der Waals surface area contributed by atoms with Crippen LogP contribution < -0.4 is 10.6 Å². The van der Waals surface area contributed by atoms with Crippen LogP contribution in [0.2, 0.25) is 0 Å². The first-order chi connectivity index (χ1) is 13.5. The number of nitrogens with one attached hydrogen (secondary N) is 2. The summed E-state index contributed by atoms with van der Waals surface area (Å²) in [5, 5.41) is 5.69. The van der Waals surface area contributed by atoms with Gasteiger partial charge in [0, 0.05) is 22.0 Å². The summed E-state index contributed by atoms with van der Waals surface area (Å²) in [6.45, 7) is 6.32. The molecule has 152 valence electrons. The van der Waals surface area contributed by atoms with Crippen molar-refractivity contribution in [1.29, 1.82) is 0 Å². The maximum absolute atomic E-state index is 13.4. The summed E-state index contributed by atoms with van der Waals surface area (Å²) in [5.74, 6) is -0.246. The Bertz CT molecular complexity index is 979. The number of hydrogen-bond donors (Lipinski definition) is 2. The molecule has 1 heterocycles. The Morgan fingerprint density at radius 2 is 1.38 bits per heavy atom. The molecule has 0 aliphatic carbocycles. The number of rotatable bonds is 4. The van der Waals surface area contributed by atoms with Crippen molar-refractivity contribution in [2.24, 2.45) is 0 Å². The monoisotopic (exact) mass is 464 g/mol. The number of anilines is 4. The van der Waals surface area contributed by atoms with E-state index >= 15 is 0 Å². The van der Waals surface area contributed by atoms with Crippen molar-refractivity contribution >= 4 is 39.1 Å². The van der Waals surface area contributed by atoms with Gasteiger partial charge in [0.25, 0.3) is 0 Å². The van der Waals surface area contributed by atoms with E-state index in [0.29, 0.717) is 11.4 Å². The van der Waals surface area contributed by atoms with Crippen molar-refractivity contribution in [1.82, 2.24) is 9.97 Å². The predicted octanol–water partition coefficient (Wildman–Crippen LogP) is 7.04. The smallest absolute Gasteiger partial charge is 0.340 e. The fourth-order valence-corrected chi connectivity index (χ4v) is 2.86. The van der Waals surface area contributed by atoms with Gasteiger partial charge in [-0.25, -0.2) is 4.98 Å². The van der Waals surface area contributed by atoms with Gasteiger partial charge in [0.05, 0.1) is 0 Å². The quantitative estimate of drug-likeness (QED) is 0.434. The SMILES string of the molecule is CC(C)(C)c1ccc(Nc2ncc(C(F)(F)F)c(Nc3ccc(Br)cc3)n2)cc1. The van der Waals surface area contributed by atoms with Crippen LogP contribution in [0, 0.1) is 0 Å². The Morgan fingerprint density at radius 3 is 1.93 bits per heavy atom. The number of benzene rings is 2. The molecule has 0 spiro atoms. The Kier molecular flexibility index (Phi) is 5.84. The van der Waals surface area contributed by atoms with Gasteiger partial charge in [-0.2, -0.15) is 18.2 Å². The highest BCUT2D eigenvalue weighted by Crippen LogP contribution is 2.35. The number of nitrogens with zero attached hydrogens (tertiary/aromatic N) is 2. The summed E-state index contributed by atoms with van der Waals surface area (Å²) in [7, 11) is 0. The molecule has 2 aromatic carbocycles. The molecule has 29 heavy (non-hydrogen) atoms. The summed E-state index contributed by atoms with van der Waals surface area (Å²) >= 11 is 3.30. The van der Waals surface area contributed by atoms with Gasteiger partial charge < -0.3 is 10.6 Å². The normalized spacial score (nSPS) is 12.0. The minimum absolute atomic E-state index is 0.00511. The van der Waals surface area contributed by atoms with Crippen molar-refractivity contribution in [2.75, 3.05) is 10.6 Å². The highest BCUT2D eigenvalue weighted by Gasteiger charge is 2.35. The lowest BCUT2D eigenvalue weighted by molar-refractivity contribution is -0.137. The Balaban J connectivity index is 1.89. The first kappa shape index (κ1) is 21.1. The van der Waals surface area contributed by atoms with Crippen LogP contribution in [0.1, 0.15) is 31.9 Å². The topological polar surface area (TPSA) is 49.8 Å². The molecule has 8 heteroatoms. The van der Waals surface area contributed by atoms with Gasteiger partial charge in [-0.05, 0) is 47.4 Å². The summed E-state index contributed by atoms with van der Waals surface area (Å²) in [6.07, 6.45) is -3.80. The minimum Gasteiger partial charge on any atom is -0.340 e. The van der Waals surface area contributed by atoms with Crippen LogP contribution in [0.3, 0.4) is 0 Å². The van der Waals surface area contributed by atoms with Crippen LogP contribution in [-0.4, -0.2) is 9.97 Å². The van der Waals surface area contributed by atoms with Crippen LogP contribution in [0.4, 0.5) is 36.3 Å². The van der Waals surface area contributed by atoms with Gasteiger partial charge in [0.1, 0.15) is 11.4 Å². The Labute approximate surface area is 175 Å². The van der Waals surface area contributed by atoms with Crippen molar-refractivity contribution < 1.29 is 13.2 Å². The van der Waals surface area contributed by atoms with Gasteiger partial charge in [-0.1, -0.05) is 48.8 Å². The van der Waals surface area contributed by atoms with Crippen molar-refractivity contribution in [3.05, 3.63) is 70.3 Å². The molecule has 0 aliphatic rings. The van der Waals surface area contributed by atoms with Crippen molar-refractivity contribution in [3.8, 4) is 0 Å². The van der Waals surface area contributed by atoms with E-state index in [1.165, 1.54) is 0 Å². The Morgan fingerprint density at radius 1 is 0.828 bits per heavy atom. The standard InChI is InChI=1S/C21H20BrF3N4/c1-20(2,3)13-4-8-16(9-5-13)28-19-26-12-17(21(23,24)25)18(29-19)27-15-10-6-14(22)7-11-15/h4-12H,1-3H3,(H2,26,27,28,29). The molecule has 3 rings (SSSR count). The van der Waals surface area contributed by atoms with E-state index in [0.717, 1.165) is 16.2 Å². The number of aromatic nitrogens is 2. The van der Waals surface area contributed by atoms with E-state index in [4.69, 9.17) is 0 Å². The van der Waals surface area contributed by atoms with E-state index < -0.39 is 11.7 Å². The third-order valence-electron chi connectivity index (χ3n) is 4.21. The van der Waals surface area contributed by atoms with Crippen LogP contribution in [0.5, 0.6) is 0 Å². The molecule has 0 bridgehead atoms. The maximum atomic E-state index is 13.4. The van der Waals surface area contributed by atoms with E-state index in [2.05, 4.69) is 57.3 Å². The zero-order valence-electron chi connectivity index (χ0n) is 16.1. The van der Waals surface area contributed by atoms with Crippen LogP contribution in [0.15, 0.2) is 59.2 Å².